The van der Waals surface area contributed by atoms with E-state index in [-0.39, 0.29) is 93.3 Å². The van der Waals surface area contributed by atoms with Gasteiger partial charge < -0.3 is 20.5 Å². The number of hydrogen-bond acceptors (Lipinski definition) is 8. The molecule has 0 aliphatic carbocycles. The summed E-state index contributed by atoms with van der Waals surface area (Å²) in [5.41, 5.74) is 9.19. The second kappa shape index (κ2) is 14.5. The summed E-state index contributed by atoms with van der Waals surface area (Å²) in [6.45, 7) is 13.3. The number of halogens is 5. The van der Waals surface area contributed by atoms with Crippen LogP contribution in [-0.2, 0) is 0 Å². The van der Waals surface area contributed by atoms with Crippen LogP contribution < -0.4 is 15.4 Å². The van der Waals surface area contributed by atoms with Gasteiger partial charge in [0.25, 0.3) is 5.92 Å². The minimum atomic E-state index is -3.26. The molecular weight excluding hydrogens is 732 g/mol. The highest BCUT2D eigenvalue weighted by Crippen LogP contribution is 2.44. The summed E-state index contributed by atoms with van der Waals surface area (Å²) in [6.07, 6.45) is 2.09. The molecule has 3 N–H and O–H groups in total. The lowest BCUT2D eigenvalue weighted by atomic mass is 9.95. The Labute approximate surface area is 319 Å². The van der Waals surface area contributed by atoms with Gasteiger partial charge in [0.2, 0.25) is 0 Å². The summed E-state index contributed by atoms with van der Waals surface area (Å²) in [5.74, 6) is -1.80. The van der Waals surface area contributed by atoms with Gasteiger partial charge in [0.05, 0.1) is 29.1 Å². The molecule has 294 valence electrons. The fraction of sp³-hybridized carbons (Fsp3) is 0.537. The van der Waals surface area contributed by atoms with Crippen molar-refractivity contribution < 1.29 is 31.8 Å². The molecule has 1 unspecified atom stereocenters. The number of nitrogens with zero attached hydrogens (tertiary/aromatic N) is 5. The largest absolute Gasteiger partial charge is 0.508 e. The molecule has 0 spiro atoms. The van der Waals surface area contributed by atoms with E-state index in [9.17, 15) is 9.50 Å². The van der Waals surface area contributed by atoms with Crippen molar-refractivity contribution in [3.8, 4) is 34.5 Å². The van der Waals surface area contributed by atoms with E-state index in [0.29, 0.717) is 18.4 Å². The summed E-state index contributed by atoms with van der Waals surface area (Å²) < 4.78 is 84.0. The zero-order valence-corrected chi connectivity index (χ0v) is 33.2. The number of anilines is 1. The number of ether oxygens (including phenoxy) is 1. The first-order chi connectivity index (χ1) is 26.0. The molecule has 2 aromatic carbocycles. The highest BCUT2D eigenvalue weighted by Gasteiger charge is 2.50. The van der Waals surface area contributed by atoms with Gasteiger partial charge in [0.1, 0.15) is 49.4 Å². The average Bonchev–Trinajstić information content (AvgIpc) is 3.64. The number of benzene rings is 2. The predicted octanol–water partition coefficient (Wildman–Crippen LogP) is 8.53. The van der Waals surface area contributed by atoms with Gasteiger partial charge in [0.15, 0.2) is 5.82 Å². The zero-order valence-electron chi connectivity index (χ0n) is 32.2. The lowest BCUT2D eigenvalue weighted by molar-refractivity contribution is -0.0301. The number of aromatic nitrogens is 3. The third-order valence-electron chi connectivity index (χ3n) is 12.4. The Bertz CT molecular complexity index is 2170. The topological polar surface area (TPSA) is 101 Å². The van der Waals surface area contributed by atoms with Gasteiger partial charge in [-0.2, -0.15) is 9.97 Å². The summed E-state index contributed by atoms with van der Waals surface area (Å²) in [4.78, 5) is 16.8. The van der Waals surface area contributed by atoms with Gasteiger partial charge in [-0.1, -0.05) is 53.5 Å². The third kappa shape index (κ3) is 6.80. The highest BCUT2D eigenvalue weighted by molar-refractivity contribution is 6.90. The molecule has 0 amide bonds. The van der Waals surface area contributed by atoms with Crippen molar-refractivity contribution in [2.75, 3.05) is 37.7 Å². The standard InChI is InChI=1S/C41H49F5N6O2Si/c1-23(2)55(24(3)4,25(5)6)15-11-29-32(43)9-8-26-16-28(53)17-30(34(26)29)36-35(44)37-31(19-48-36)38(51-14-10-33(47)41(45,46)21-51)50-39(49-37)54-22-40-12-7-13-52(40)20-27(42)18-40/h8-9,16-17,19,23-25,27,33,53H,7,10,12-14,18,20-22,47H2,1-6H3/t27-,33?,40+/m1/s1. The first-order valence-electron chi connectivity index (χ1n) is 19.2. The number of fused-ring (bicyclic) bond motifs is 3. The predicted molar refractivity (Wildman–Crippen MR) is 208 cm³/mol. The van der Waals surface area contributed by atoms with Crippen molar-refractivity contribution in [3.05, 3.63) is 47.7 Å². The van der Waals surface area contributed by atoms with E-state index in [2.05, 4.69) is 72.9 Å². The molecule has 4 aromatic rings. The molecule has 8 nitrogen and oxygen atoms in total. The molecular formula is C41H49F5N6O2Si. The van der Waals surface area contributed by atoms with Crippen LogP contribution in [0.2, 0.25) is 16.6 Å². The summed E-state index contributed by atoms with van der Waals surface area (Å²) >= 11 is 0. The van der Waals surface area contributed by atoms with Crippen LogP contribution in [0.15, 0.2) is 30.5 Å². The first kappa shape index (κ1) is 39.2. The molecule has 3 aliphatic heterocycles. The number of piperidine rings is 1. The molecule has 2 aromatic heterocycles. The van der Waals surface area contributed by atoms with Crippen molar-refractivity contribution in [1.29, 1.82) is 0 Å². The lowest BCUT2D eigenvalue weighted by Crippen LogP contribution is -2.55. The second-order valence-corrected chi connectivity index (χ2v) is 22.2. The molecule has 3 saturated heterocycles. The average molecular weight is 781 g/mol. The molecule has 3 aliphatic rings. The Balaban J connectivity index is 1.41. The van der Waals surface area contributed by atoms with E-state index >= 15 is 17.6 Å². The molecule has 3 atom stereocenters. The van der Waals surface area contributed by atoms with Gasteiger partial charge in [-0.3, -0.25) is 9.88 Å². The van der Waals surface area contributed by atoms with Crippen LogP contribution in [0, 0.1) is 23.1 Å². The molecule has 5 heterocycles. The van der Waals surface area contributed by atoms with Crippen molar-refractivity contribution in [3.63, 3.8) is 0 Å². The maximum atomic E-state index is 17.2. The van der Waals surface area contributed by atoms with Gasteiger partial charge >= 0.3 is 6.01 Å². The number of phenolic OH excluding ortho intramolecular Hbond substituents is 1. The maximum absolute atomic E-state index is 17.2. The van der Waals surface area contributed by atoms with Crippen molar-refractivity contribution >= 4 is 35.6 Å². The van der Waals surface area contributed by atoms with E-state index < -0.39 is 49.9 Å². The Kier molecular flexibility index (Phi) is 10.3. The van der Waals surface area contributed by atoms with Gasteiger partial charge in [0, 0.05) is 36.7 Å². The molecule has 0 bridgehead atoms. The summed E-state index contributed by atoms with van der Waals surface area (Å²) in [6, 6.07) is 3.95. The Hall–Kier alpha value is -4.06. The Morgan fingerprint density at radius 1 is 1.05 bits per heavy atom. The minimum absolute atomic E-state index is 0.00388. The van der Waals surface area contributed by atoms with Crippen LogP contribution in [-0.4, -0.2) is 89.5 Å². The molecule has 14 heteroatoms. The van der Waals surface area contributed by atoms with E-state index in [1.54, 1.807) is 0 Å². The number of hydrogen-bond donors (Lipinski definition) is 2. The smallest absolute Gasteiger partial charge is 0.319 e. The Morgan fingerprint density at radius 3 is 2.47 bits per heavy atom. The quantitative estimate of drug-likeness (QED) is 0.104. The van der Waals surface area contributed by atoms with Crippen LogP contribution >= 0.6 is 0 Å². The number of phenols is 1. The van der Waals surface area contributed by atoms with Crippen molar-refractivity contribution in [2.24, 2.45) is 5.73 Å². The monoisotopic (exact) mass is 780 g/mol. The van der Waals surface area contributed by atoms with Crippen LogP contribution in [0.5, 0.6) is 11.8 Å². The first-order valence-corrected chi connectivity index (χ1v) is 21.5. The summed E-state index contributed by atoms with van der Waals surface area (Å²) in [5, 5.41) is 11.6. The lowest BCUT2D eigenvalue weighted by Gasteiger charge is -2.38. The van der Waals surface area contributed by atoms with E-state index in [4.69, 9.17) is 10.5 Å². The van der Waals surface area contributed by atoms with E-state index in [1.807, 2.05) is 0 Å². The van der Waals surface area contributed by atoms with Crippen LogP contribution in [0.3, 0.4) is 0 Å². The molecule has 3 fully saturated rings. The van der Waals surface area contributed by atoms with Crippen LogP contribution in [0.4, 0.5) is 27.8 Å². The van der Waals surface area contributed by atoms with Gasteiger partial charge in [-0.05, 0) is 66.0 Å². The highest BCUT2D eigenvalue weighted by atomic mass is 28.3. The van der Waals surface area contributed by atoms with Crippen LogP contribution in [0.1, 0.15) is 72.8 Å². The fourth-order valence-corrected chi connectivity index (χ4v) is 14.8. The zero-order chi connectivity index (χ0) is 39.6. The fourth-order valence-electron chi connectivity index (χ4n) is 9.64. The van der Waals surface area contributed by atoms with Gasteiger partial charge in [-0.15, -0.1) is 5.54 Å². The Morgan fingerprint density at radius 2 is 1.78 bits per heavy atom. The normalized spacial score (nSPS) is 22.9. The molecule has 55 heavy (non-hydrogen) atoms. The SMILES string of the molecule is CC(C)[Si](C#Cc1c(F)ccc2cc(O)cc(-c3ncc4c(N5CCC(N)C(F)(F)C5)nc(OC[C@@]56CCCN5C[C@H](F)C6)nc4c3F)c12)(C(C)C)C(C)C. The van der Waals surface area contributed by atoms with E-state index in [0.717, 1.165) is 13.0 Å². The minimum Gasteiger partial charge on any atom is -0.508 e. The second-order valence-electron chi connectivity index (χ2n) is 16.6. The number of nitrogens with two attached hydrogens (primary N) is 1. The van der Waals surface area contributed by atoms with Crippen molar-refractivity contribution in [1.82, 2.24) is 19.9 Å². The number of rotatable bonds is 8. The number of pyridine rings is 1. The van der Waals surface area contributed by atoms with Crippen molar-refractivity contribution in [2.45, 2.75) is 108 Å². The molecule has 0 radical (unpaired) electrons. The number of aromatic hydroxyl groups is 1. The third-order valence-corrected chi connectivity index (χ3v) is 18.7. The number of alkyl halides is 3. The maximum Gasteiger partial charge on any atom is 0.319 e. The molecule has 7 rings (SSSR count). The van der Waals surface area contributed by atoms with Gasteiger partial charge in [-0.25, -0.2) is 22.0 Å². The van der Waals surface area contributed by atoms with E-state index in [1.165, 1.54) is 35.4 Å². The molecule has 0 saturated carbocycles. The van der Waals surface area contributed by atoms with Crippen LogP contribution in [0.25, 0.3) is 32.9 Å². The summed E-state index contributed by atoms with van der Waals surface area (Å²) in [7, 11) is -2.34.